The predicted octanol–water partition coefficient (Wildman–Crippen LogP) is 3.85. The van der Waals surface area contributed by atoms with Crippen molar-refractivity contribution >= 4 is 11.6 Å². The van der Waals surface area contributed by atoms with Crippen LogP contribution in [-0.2, 0) is 6.42 Å². The van der Waals surface area contributed by atoms with Crippen LogP contribution < -0.4 is 14.9 Å². The number of carbonyl (C=O) groups excluding carboxylic acids is 1. The second-order valence-electron chi connectivity index (χ2n) is 8.98. The average Bonchev–Trinajstić information content (AvgIpc) is 2.81. The zero-order chi connectivity index (χ0) is 22.7. The van der Waals surface area contributed by atoms with E-state index in [0.29, 0.717) is 17.4 Å². The lowest BCUT2D eigenvalue weighted by molar-refractivity contribution is 0.0952. The van der Waals surface area contributed by atoms with Crippen molar-refractivity contribution in [1.82, 2.24) is 15.3 Å². The van der Waals surface area contributed by atoms with E-state index >= 15 is 0 Å². The lowest BCUT2D eigenvalue weighted by Crippen LogP contribution is -2.47. The van der Waals surface area contributed by atoms with Crippen LogP contribution in [0.2, 0.25) is 0 Å². The molecule has 7 heteroatoms. The minimum absolute atomic E-state index is 0.207. The van der Waals surface area contributed by atoms with Gasteiger partial charge in [0.2, 0.25) is 0 Å². The summed E-state index contributed by atoms with van der Waals surface area (Å²) in [5, 5.41) is 4.65. The molecule has 32 heavy (non-hydrogen) atoms. The van der Waals surface area contributed by atoms with Gasteiger partial charge in [0.15, 0.2) is 11.5 Å². The van der Waals surface area contributed by atoms with Crippen molar-refractivity contribution in [2.45, 2.75) is 39.2 Å². The van der Waals surface area contributed by atoms with Crippen molar-refractivity contribution in [2.24, 2.45) is 16.9 Å². The van der Waals surface area contributed by atoms with Gasteiger partial charge in [-0.1, -0.05) is 13.8 Å². The van der Waals surface area contributed by atoms with Gasteiger partial charge in [0, 0.05) is 55.1 Å². The van der Waals surface area contributed by atoms with Crippen LogP contribution >= 0.6 is 0 Å². The maximum Gasteiger partial charge on any atom is 0.271 e. The Labute approximate surface area is 189 Å². The van der Waals surface area contributed by atoms with Crippen LogP contribution in [0.4, 0.5) is 0 Å². The molecule has 2 atom stereocenters. The van der Waals surface area contributed by atoms with Gasteiger partial charge in [0.25, 0.3) is 5.91 Å². The molecule has 0 unspecified atom stereocenters. The third kappa shape index (κ3) is 4.63. The summed E-state index contributed by atoms with van der Waals surface area (Å²) in [7, 11) is 3.35. The Morgan fingerprint density at radius 2 is 1.94 bits per heavy atom. The van der Waals surface area contributed by atoms with E-state index in [2.05, 4.69) is 46.4 Å². The Hall–Kier alpha value is -2.93. The molecular formula is C25H32N4O3. The summed E-state index contributed by atoms with van der Waals surface area (Å²) in [6.45, 7) is 6.43. The minimum Gasteiger partial charge on any atom is -0.493 e. The van der Waals surface area contributed by atoms with Gasteiger partial charge in [-0.15, -0.1) is 0 Å². The van der Waals surface area contributed by atoms with Gasteiger partial charge in [0.1, 0.15) is 0 Å². The zero-order valence-corrected chi connectivity index (χ0v) is 19.3. The fraction of sp³-hybridized carbons (Fsp3) is 0.480. The molecule has 1 fully saturated rings. The summed E-state index contributed by atoms with van der Waals surface area (Å²) in [5.41, 5.74) is 6.97. The Bertz CT molecular complexity index is 990. The SMILES string of the molecule is COc1cc2c(cc1OC)[C@H]1C/C(=N/NC(=O)c3ccncc3)[C@@H](CC(C)C)CN1CC2. The molecule has 2 aliphatic heterocycles. The first kappa shape index (κ1) is 22.3. The average molecular weight is 437 g/mol. The number of methoxy groups -OCH3 is 2. The number of benzene rings is 1. The first-order chi connectivity index (χ1) is 15.5. The Morgan fingerprint density at radius 1 is 1.22 bits per heavy atom. The van der Waals surface area contributed by atoms with Crippen LogP contribution in [-0.4, -0.2) is 48.8 Å². The number of carbonyl (C=O) groups is 1. The normalized spacial score (nSPS) is 21.7. The number of fused-ring (bicyclic) bond motifs is 3. The molecule has 1 aromatic heterocycles. The molecule has 1 N–H and O–H groups in total. The molecule has 0 bridgehead atoms. The topological polar surface area (TPSA) is 76.0 Å². The van der Waals surface area contributed by atoms with E-state index in [-0.39, 0.29) is 11.9 Å². The highest BCUT2D eigenvalue weighted by molar-refractivity contribution is 5.96. The zero-order valence-electron chi connectivity index (χ0n) is 19.3. The number of nitrogens with one attached hydrogen (secondary N) is 1. The quantitative estimate of drug-likeness (QED) is 0.696. The van der Waals surface area contributed by atoms with Crippen molar-refractivity contribution in [3.63, 3.8) is 0 Å². The second-order valence-corrected chi connectivity index (χ2v) is 8.98. The van der Waals surface area contributed by atoms with E-state index in [0.717, 1.165) is 49.6 Å². The lowest BCUT2D eigenvalue weighted by Gasteiger charge is -2.44. The fourth-order valence-corrected chi connectivity index (χ4v) is 4.90. The van der Waals surface area contributed by atoms with Crippen LogP contribution in [0, 0.1) is 11.8 Å². The van der Waals surface area contributed by atoms with Gasteiger partial charge in [0.05, 0.1) is 14.2 Å². The van der Waals surface area contributed by atoms with Gasteiger partial charge in [-0.2, -0.15) is 5.10 Å². The van der Waals surface area contributed by atoms with Crippen molar-refractivity contribution in [3.05, 3.63) is 53.3 Å². The summed E-state index contributed by atoms with van der Waals surface area (Å²) in [4.78, 5) is 19.1. The van der Waals surface area contributed by atoms with E-state index in [1.807, 2.05) is 0 Å². The fourth-order valence-electron chi connectivity index (χ4n) is 4.90. The van der Waals surface area contributed by atoms with Gasteiger partial charge >= 0.3 is 0 Å². The molecule has 170 valence electrons. The van der Waals surface area contributed by atoms with Gasteiger partial charge in [-0.3, -0.25) is 14.7 Å². The first-order valence-corrected chi connectivity index (χ1v) is 11.3. The summed E-state index contributed by atoms with van der Waals surface area (Å²) >= 11 is 0. The molecule has 1 saturated heterocycles. The lowest BCUT2D eigenvalue weighted by atomic mass is 9.79. The van der Waals surface area contributed by atoms with Crippen LogP contribution in [0.25, 0.3) is 0 Å². The number of piperidine rings is 1. The molecule has 0 spiro atoms. The number of amides is 1. The highest BCUT2D eigenvalue weighted by atomic mass is 16.5. The maximum absolute atomic E-state index is 12.6. The Balaban J connectivity index is 1.62. The number of rotatable bonds is 6. The molecule has 4 rings (SSSR count). The third-order valence-corrected chi connectivity index (χ3v) is 6.44. The number of hydrogen-bond acceptors (Lipinski definition) is 6. The first-order valence-electron chi connectivity index (χ1n) is 11.3. The van der Waals surface area contributed by atoms with Crippen LogP contribution in [0.3, 0.4) is 0 Å². The summed E-state index contributed by atoms with van der Waals surface area (Å²) in [5.74, 6) is 2.19. The van der Waals surface area contributed by atoms with Gasteiger partial charge in [-0.25, -0.2) is 5.43 Å². The number of pyridine rings is 1. The maximum atomic E-state index is 12.6. The summed E-state index contributed by atoms with van der Waals surface area (Å²) in [6, 6.07) is 7.83. The number of hydrogen-bond donors (Lipinski definition) is 1. The monoisotopic (exact) mass is 436 g/mol. The van der Waals surface area contributed by atoms with E-state index in [1.165, 1.54) is 11.1 Å². The van der Waals surface area contributed by atoms with E-state index in [9.17, 15) is 4.79 Å². The number of aromatic nitrogens is 1. The number of nitrogens with zero attached hydrogens (tertiary/aromatic N) is 3. The second kappa shape index (κ2) is 9.69. The summed E-state index contributed by atoms with van der Waals surface area (Å²) < 4.78 is 11.1. The summed E-state index contributed by atoms with van der Waals surface area (Å²) in [6.07, 6.45) is 6.06. The van der Waals surface area contributed by atoms with Gasteiger partial charge < -0.3 is 9.47 Å². The molecule has 0 aliphatic carbocycles. The molecule has 2 aliphatic rings. The van der Waals surface area contributed by atoms with Crippen LogP contribution in [0.15, 0.2) is 41.8 Å². The van der Waals surface area contributed by atoms with E-state index < -0.39 is 0 Å². The van der Waals surface area contributed by atoms with E-state index in [4.69, 9.17) is 9.47 Å². The molecule has 2 aromatic rings. The molecule has 7 nitrogen and oxygen atoms in total. The largest absolute Gasteiger partial charge is 0.493 e. The standard InChI is InChI=1S/C25H32N4O3/c1-16(2)11-19-15-29-10-7-18-12-23(31-3)24(32-4)13-20(18)22(29)14-21(19)27-28-25(30)17-5-8-26-9-6-17/h5-6,8-9,12-13,16,19,22H,7,10-11,14-15H2,1-4H3,(H,28,30)/b27-21-/t19-,22+/m0/s1. The molecular weight excluding hydrogens is 404 g/mol. The van der Waals surface area contributed by atoms with Crippen LogP contribution in [0.1, 0.15) is 54.2 Å². The van der Waals surface area contributed by atoms with Crippen LogP contribution in [0.5, 0.6) is 11.5 Å². The molecule has 1 amide bonds. The molecule has 1 aromatic carbocycles. The molecule has 0 saturated carbocycles. The van der Waals surface area contributed by atoms with Gasteiger partial charge in [-0.05, 0) is 54.2 Å². The third-order valence-electron chi connectivity index (χ3n) is 6.44. The van der Waals surface area contributed by atoms with Crippen molar-refractivity contribution in [1.29, 1.82) is 0 Å². The Morgan fingerprint density at radius 3 is 2.62 bits per heavy atom. The highest BCUT2D eigenvalue weighted by Gasteiger charge is 2.37. The molecule has 0 radical (unpaired) electrons. The minimum atomic E-state index is -0.207. The molecule has 3 heterocycles. The number of hydrazone groups is 1. The highest BCUT2D eigenvalue weighted by Crippen LogP contribution is 2.42. The van der Waals surface area contributed by atoms with Crippen molar-refractivity contribution in [2.75, 3.05) is 27.3 Å². The van der Waals surface area contributed by atoms with Crippen molar-refractivity contribution in [3.8, 4) is 11.5 Å². The van der Waals surface area contributed by atoms with Crippen molar-refractivity contribution < 1.29 is 14.3 Å². The predicted molar refractivity (Wildman–Crippen MR) is 124 cm³/mol. The smallest absolute Gasteiger partial charge is 0.271 e. The Kier molecular flexibility index (Phi) is 6.74. The number of ether oxygens (including phenoxy) is 2. The van der Waals surface area contributed by atoms with E-state index in [1.54, 1.807) is 38.7 Å².